The Morgan fingerprint density at radius 1 is 0.964 bits per heavy atom. The third kappa shape index (κ3) is 14.0. The van der Waals surface area contributed by atoms with Gasteiger partial charge in [-0.3, -0.25) is 4.90 Å². The number of esters is 1. The second-order valence-corrected chi connectivity index (χ2v) is 14.0. The molecule has 56 heavy (non-hydrogen) atoms. The van der Waals surface area contributed by atoms with E-state index in [4.69, 9.17) is 28.8 Å². The molecule has 0 aliphatic carbocycles. The monoisotopic (exact) mass is 803 g/mol. The topological polar surface area (TPSA) is 164 Å². The fourth-order valence-corrected chi connectivity index (χ4v) is 6.30. The molecule has 0 amide bonds. The number of aromatic nitrogens is 1. The number of benzene rings is 3. The fourth-order valence-electron chi connectivity index (χ4n) is 5.56. The number of hydrogen-bond donors (Lipinski definition) is 3. The Kier molecular flexibility index (Phi) is 16.7. The maximum atomic E-state index is 12.9. The summed E-state index contributed by atoms with van der Waals surface area (Å²) in [5.74, 6) is 1.24. The van der Waals surface area contributed by atoms with Crippen molar-refractivity contribution >= 4 is 27.5 Å². The van der Waals surface area contributed by atoms with E-state index in [0.717, 1.165) is 36.5 Å². The van der Waals surface area contributed by atoms with Crippen LogP contribution >= 0.6 is 0 Å². The molecule has 5 rings (SSSR count). The first-order chi connectivity index (χ1) is 26.8. The summed E-state index contributed by atoms with van der Waals surface area (Å²) >= 11 is 0. The molecule has 0 unspecified atom stereocenters. The van der Waals surface area contributed by atoms with Crippen molar-refractivity contribution in [1.82, 2.24) is 15.2 Å². The average molecular weight is 804 g/mol. The molecule has 0 bridgehead atoms. The Morgan fingerprint density at radius 3 is 2.38 bits per heavy atom. The lowest BCUT2D eigenvalue weighted by atomic mass is 10.1. The lowest BCUT2D eigenvalue weighted by Crippen LogP contribution is -2.38. The Labute approximate surface area is 325 Å². The van der Waals surface area contributed by atoms with Gasteiger partial charge in [0.05, 0.1) is 32.5 Å². The van der Waals surface area contributed by atoms with Crippen LogP contribution in [0, 0.1) is 0 Å². The Hall–Kier alpha value is -4.94. The summed E-state index contributed by atoms with van der Waals surface area (Å²) < 4.78 is 89.1. The highest BCUT2D eigenvalue weighted by Gasteiger charge is 2.30. The van der Waals surface area contributed by atoms with Crippen LogP contribution in [0.25, 0.3) is 0 Å². The van der Waals surface area contributed by atoms with Gasteiger partial charge in [-0.05, 0) is 80.4 Å². The molecule has 3 aromatic carbocycles. The number of sulfonamides is 1. The molecular formula is C39H48F3N5O8S. The zero-order valence-corrected chi connectivity index (χ0v) is 32.3. The molecule has 0 spiro atoms. The first-order valence-corrected chi connectivity index (χ1v) is 19.5. The van der Waals surface area contributed by atoms with Gasteiger partial charge in [0, 0.05) is 44.1 Å². The van der Waals surface area contributed by atoms with Crippen LogP contribution in [0.2, 0.25) is 0 Å². The van der Waals surface area contributed by atoms with Gasteiger partial charge in [0.1, 0.15) is 35.2 Å². The van der Waals surface area contributed by atoms with E-state index in [0.29, 0.717) is 51.7 Å². The minimum Gasteiger partial charge on any atom is -0.495 e. The van der Waals surface area contributed by atoms with Crippen LogP contribution in [-0.4, -0.2) is 96.6 Å². The molecule has 1 aliphatic rings. The van der Waals surface area contributed by atoms with Crippen LogP contribution < -0.4 is 30.0 Å². The maximum absolute atomic E-state index is 12.9. The van der Waals surface area contributed by atoms with E-state index >= 15 is 0 Å². The molecule has 1 saturated heterocycles. The highest BCUT2D eigenvalue weighted by molar-refractivity contribution is 7.89. The smallest absolute Gasteiger partial charge is 0.416 e. The summed E-state index contributed by atoms with van der Waals surface area (Å²) in [5.41, 5.74) is 0.397. The fraction of sp³-hybridized carbons (Fsp3) is 0.385. The van der Waals surface area contributed by atoms with Crippen LogP contribution in [0.4, 0.5) is 24.7 Å². The molecular weight excluding hydrogens is 756 g/mol. The van der Waals surface area contributed by atoms with Crippen molar-refractivity contribution in [3.05, 3.63) is 102 Å². The van der Waals surface area contributed by atoms with Gasteiger partial charge < -0.3 is 34.3 Å². The predicted molar refractivity (Wildman–Crippen MR) is 205 cm³/mol. The molecule has 1 atom stereocenters. The Balaban J connectivity index is 0.000000249. The second kappa shape index (κ2) is 21.4. The predicted octanol–water partition coefficient (Wildman–Crippen LogP) is 5.67. The second-order valence-electron chi connectivity index (χ2n) is 12.5. The summed E-state index contributed by atoms with van der Waals surface area (Å²) in [6, 6.07) is 20.5. The van der Waals surface area contributed by atoms with Gasteiger partial charge in [0.15, 0.2) is 11.5 Å². The molecule has 1 aromatic heterocycles. The third-order valence-corrected chi connectivity index (χ3v) is 9.23. The number of nitrogens with two attached hydrogens (primary N) is 1. The van der Waals surface area contributed by atoms with Crippen LogP contribution in [-0.2, 0) is 32.1 Å². The van der Waals surface area contributed by atoms with Crippen molar-refractivity contribution in [3.8, 4) is 17.2 Å². The third-order valence-electron chi connectivity index (χ3n) is 8.30. The van der Waals surface area contributed by atoms with Crippen LogP contribution in [0.1, 0.15) is 35.3 Å². The van der Waals surface area contributed by atoms with E-state index in [1.165, 1.54) is 31.5 Å². The van der Waals surface area contributed by atoms with Crippen molar-refractivity contribution in [2.75, 3.05) is 71.6 Å². The molecule has 1 fully saturated rings. The molecule has 0 saturated carbocycles. The number of ether oxygens (including phenoxy) is 5. The molecule has 4 aromatic rings. The standard InChI is InChI=1S/C20H28N2O5S.C19H20F3N3O3/c1-4-26-17-7-5-6-8-18(17)27-12-11-22-15(2)13-16-9-10-19(25-3)20(14-16)28(21,23)24;20-19(21,22)14-3-1-4-15(13-14)24-17-16(5-2-6-23-17)18(26)28-12-9-25-7-10-27-11-8-25/h5-10,14-15,22H,4,11-13H2,1-3H3,(H2,21,23,24);1-6,13H,7-12H2,(H,23,24)/t15-;/m1./s1. The quantitative estimate of drug-likeness (QED) is 0.0887. The van der Waals surface area contributed by atoms with Crippen LogP contribution in [0.3, 0.4) is 0 Å². The van der Waals surface area contributed by atoms with Crippen molar-refractivity contribution in [2.24, 2.45) is 5.14 Å². The summed E-state index contributed by atoms with van der Waals surface area (Å²) in [5, 5.41) is 11.4. The van der Waals surface area contributed by atoms with Gasteiger partial charge in [-0.1, -0.05) is 24.3 Å². The number of primary sulfonamides is 1. The number of alkyl halides is 3. The SMILES string of the molecule is CCOc1ccccc1OCCN[C@H](C)Cc1ccc(OC)c(S(N)(=O)=O)c1.O=C(OCCN1CCOCC1)c1cccnc1Nc1cccc(C(F)(F)F)c1. The number of halogens is 3. The van der Waals surface area contributed by atoms with Gasteiger partial charge in [-0.25, -0.2) is 23.3 Å². The number of nitrogens with one attached hydrogen (secondary N) is 2. The average Bonchev–Trinajstić information content (AvgIpc) is 3.17. The van der Waals surface area contributed by atoms with E-state index in [2.05, 4.69) is 20.5 Å². The summed E-state index contributed by atoms with van der Waals surface area (Å²) in [6.07, 6.45) is -2.37. The maximum Gasteiger partial charge on any atom is 0.416 e. The van der Waals surface area contributed by atoms with E-state index in [9.17, 15) is 26.4 Å². The zero-order valence-electron chi connectivity index (χ0n) is 31.5. The number of anilines is 2. The van der Waals surface area contributed by atoms with E-state index < -0.39 is 27.7 Å². The highest BCUT2D eigenvalue weighted by Crippen LogP contribution is 2.32. The van der Waals surface area contributed by atoms with E-state index in [1.807, 2.05) is 44.2 Å². The lowest BCUT2D eigenvalue weighted by molar-refractivity contribution is -0.137. The first kappa shape index (κ1) is 43.8. The number of nitrogens with zero attached hydrogens (tertiary/aromatic N) is 2. The number of para-hydroxylation sites is 2. The number of methoxy groups -OCH3 is 1. The lowest BCUT2D eigenvalue weighted by Gasteiger charge is -2.26. The summed E-state index contributed by atoms with van der Waals surface area (Å²) in [4.78, 5) is 18.6. The number of hydrogen-bond acceptors (Lipinski definition) is 12. The van der Waals surface area contributed by atoms with Gasteiger partial charge in [-0.2, -0.15) is 13.2 Å². The molecule has 4 N–H and O–H groups in total. The Bertz CT molecular complexity index is 1960. The minimum absolute atomic E-state index is 0.00411. The van der Waals surface area contributed by atoms with E-state index in [-0.39, 0.29) is 40.4 Å². The number of morpholine rings is 1. The molecule has 13 nitrogen and oxygen atoms in total. The minimum atomic E-state index is -4.46. The number of rotatable bonds is 17. The molecule has 1 aliphatic heterocycles. The summed E-state index contributed by atoms with van der Waals surface area (Å²) in [6.45, 7) is 9.33. The van der Waals surface area contributed by atoms with E-state index in [1.54, 1.807) is 18.2 Å². The van der Waals surface area contributed by atoms with Crippen molar-refractivity contribution in [2.45, 2.75) is 37.4 Å². The normalized spacial score (nSPS) is 13.8. The Morgan fingerprint density at radius 2 is 1.70 bits per heavy atom. The summed E-state index contributed by atoms with van der Waals surface area (Å²) in [7, 11) is -2.43. The molecule has 304 valence electrons. The molecule has 0 radical (unpaired) electrons. The zero-order chi connectivity index (χ0) is 40.6. The van der Waals surface area contributed by atoms with Gasteiger partial charge in [-0.15, -0.1) is 0 Å². The van der Waals surface area contributed by atoms with Crippen molar-refractivity contribution in [3.63, 3.8) is 0 Å². The van der Waals surface area contributed by atoms with Crippen molar-refractivity contribution in [1.29, 1.82) is 0 Å². The largest absolute Gasteiger partial charge is 0.495 e. The number of carbonyl (C=O) groups is 1. The van der Waals surface area contributed by atoms with Gasteiger partial charge in [0.25, 0.3) is 0 Å². The number of pyridine rings is 1. The molecule has 17 heteroatoms. The number of carbonyl (C=O) groups excluding carboxylic acids is 1. The van der Waals surface area contributed by atoms with Gasteiger partial charge in [0.2, 0.25) is 10.0 Å². The van der Waals surface area contributed by atoms with Gasteiger partial charge >= 0.3 is 12.1 Å². The first-order valence-electron chi connectivity index (χ1n) is 17.9. The molecule has 2 heterocycles. The van der Waals surface area contributed by atoms with Crippen LogP contribution in [0.15, 0.2) is 90.0 Å². The highest BCUT2D eigenvalue weighted by atomic mass is 32.2. The van der Waals surface area contributed by atoms with Crippen molar-refractivity contribution < 1.29 is 50.1 Å². The van der Waals surface area contributed by atoms with Crippen LogP contribution in [0.5, 0.6) is 17.2 Å².